The summed E-state index contributed by atoms with van der Waals surface area (Å²) in [6.07, 6.45) is 0. The van der Waals surface area contributed by atoms with Gasteiger partial charge in [-0.2, -0.15) is 0 Å². The SMILES string of the molecule is [Pm][O][O][Pm]. The van der Waals surface area contributed by atoms with Gasteiger partial charge in [0, 0.05) is 0 Å². The van der Waals surface area contributed by atoms with Crippen LogP contribution in [0.4, 0.5) is 0 Å². The molecular weight excluding hydrogens is 322 g/mol. The van der Waals surface area contributed by atoms with Crippen molar-refractivity contribution in [3.63, 3.8) is 0 Å². The molecule has 2 nitrogen and oxygen atoms in total. The third-order valence-corrected chi connectivity index (χ3v) is 1.83. The van der Waals surface area contributed by atoms with Crippen LogP contribution >= 0.6 is 0 Å². The molecule has 0 atom stereocenters. The van der Waals surface area contributed by atoms with Crippen LogP contribution < -0.4 is 0 Å². The molecule has 0 saturated heterocycles. The van der Waals surface area contributed by atoms with E-state index in [2.05, 4.69) is 2.54 Å². The maximum absolute atomic E-state index is 4.20. The van der Waals surface area contributed by atoms with Crippen molar-refractivity contribution in [2.45, 2.75) is 0 Å². The maximum atomic E-state index is 4.20. The summed E-state index contributed by atoms with van der Waals surface area (Å²) in [5.41, 5.74) is 0. The quantitative estimate of drug-likeness (QED) is 0.494. The van der Waals surface area contributed by atoms with Crippen LogP contribution in [0.3, 0.4) is 0 Å². The van der Waals surface area contributed by atoms with Crippen LogP contribution in [0, 0.1) is 77.9 Å². The first-order valence-corrected chi connectivity index (χ1v) is 2.87. The van der Waals surface area contributed by atoms with Gasteiger partial charge in [0.2, 0.25) is 0 Å². The second-order valence-corrected chi connectivity index (χ2v) is 1.11. The van der Waals surface area contributed by atoms with Gasteiger partial charge in [0.05, 0.1) is 0 Å². The molecule has 0 N–H and O–H groups in total. The van der Waals surface area contributed by atoms with Crippen molar-refractivity contribution in [1.29, 1.82) is 0 Å². The van der Waals surface area contributed by atoms with Crippen molar-refractivity contribution in [2.24, 2.45) is 0 Å². The molecule has 0 radical (unpaired) electrons. The Bertz CT molecular complexity index is 6.00. The first kappa shape index (κ1) is 6.60. The Morgan fingerprint density at radius 1 is 1.00 bits per heavy atom. The molecule has 0 aromatic rings. The summed E-state index contributed by atoms with van der Waals surface area (Å²) in [5, 5.41) is 0. The summed E-state index contributed by atoms with van der Waals surface area (Å²) in [7, 11) is 0. The Hall–Kier alpha value is 2.60. The molecular formula is O2Pm2. The summed E-state index contributed by atoms with van der Waals surface area (Å²) in [5.74, 6) is 0. The van der Waals surface area contributed by atoms with E-state index in [0.717, 1.165) is 77.9 Å². The molecule has 0 unspecified atom stereocenters. The predicted octanol–water partition coefficient (Wildman–Crippen LogP) is -0.137. The Morgan fingerprint density at radius 3 is 1.25 bits per heavy atom. The van der Waals surface area contributed by atoms with Crippen molar-refractivity contribution >= 4 is 0 Å². The van der Waals surface area contributed by atoms with Crippen molar-refractivity contribution in [1.82, 2.24) is 0 Å². The molecule has 0 saturated carbocycles. The zero-order valence-electron chi connectivity index (χ0n) is 1.71. The van der Waals surface area contributed by atoms with Crippen LogP contribution in [0.25, 0.3) is 0 Å². The molecule has 0 amide bonds. The molecule has 0 heterocycles. The summed E-state index contributed by atoms with van der Waals surface area (Å²) in [4.78, 5) is 0. The average molecular weight is 322 g/mol. The molecule has 4 heteroatoms. The van der Waals surface area contributed by atoms with Gasteiger partial charge < -0.3 is 0 Å². The zero-order valence-corrected chi connectivity index (χ0v) is 7.45. The molecule has 22 valence electrons. The summed E-state index contributed by atoms with van der Waals surface area (Å²) in [6.45, 7) is 0. The predicted molar refractivity (Wildman–Crippen MR) is 2.17 cm³/mol. The van der Waals surface area contributed by atoms with Crippen LogP contribution in [0.1, 0.15) is 0 Å². The van der Waals surface area contributed by atoms with E-state index in [0.29, 0.717) is 0 Å². The minimum absolute atomic E-state index is 0.853. The van der Waals surface area contributed by atoms with Gasteiger partial charge in [0.25, 0.3) is 0 Å². The molecule has 4 heavy (non-hydrogen) atoms. The molecule has 0 aromatic heterocycles. The second-order valence-electron chi connectivity index (χ2n) is 0.149. The Balaban J connectivity index is 1.97. The normalized spacial score (nSPS) is 7.00. The van der Waals surface area contributed by atoms with E-state index >= 15 is 0 Å². The fraction of sp³-hybridized carbons (Fsp3) is 0. The van der Waals surface area contributed by atoms with Gasteiger partial charge in [-0.3, -0.25) is 0 Å². The Morgan fingerprint density at radius 2 is 1.25 bits per heavy atom. The van der Waals surface area contributed by atoms with Gasteiger partial charge in [0.1, 0.15) is 0 Å². The van der Waals surface area contributed by atoms with E-state index in [1.165, 1.54) is 0 Å². The van der Waals surface area contributed by atoms with Gasteiger partial charge in [0.15, 0.2) is 0 Å². The standard InChI is InChI=1S/O2.2Pm/c1-2;;/q-2;2*+1. The molecule has 0 aliphatic rings. The van der Waals surface area contributed by atoms with E-state index in [9.17, 15) is 0 Å². The summed E-state index contributed by atoms with van der Waals surface area (Å²) >= 11 is 1.71. The van der Waals surface area contributed by atoms with Crippen molar-refractivity contribution < 1.29 is 80.4 Å². The van der Waals surface area contributed by atoms with Crippen molar-refractivity contribution in [3.05, 3.63) is 0 Å². The molecule has 0 aromatic carbocycles. The number of rotatable bonds is 1. The molecule has 0 fully saturated rings. The molecule has 0 rings (SSSR count). The second kappa shape index (κ2) is 5.60. The summed E-state index contributed by atoms with van der Waals surface area (Å²) < 4.78 is 8.40. The van der Waals surface area contributed by atoms with Crippen LogP contribution in [-0.2, 0) is 2.54 Å². The van der Waals surface area contributed by atoms with Gasteiger partial charge >= 0.3 is 80.4 Å². The molecule has 0 aliphatic carbocycles. The van der Waals surface area contributed by atoms with Crippen molar-refractivity contribution in [2.75, 3.05) is 0 Å². The van der Waals surface area contributed by atoms with E-state index in [4.69, 9.17) is 0 Å². The molecule has 0 bridgehead atoms. The Kier molecular flexibility index (Phi) is 9.23. The molecule has 0 spiro atoms. The van der Waals surface area contributed by atoms with Gasteiger partial charge in [-0.25, -0.2) is 0 Å². The van der Waals surface area contributed by atoms with Crippen LogP contribution in [0.2, 0.25) is 0 Å². The fourth-order valence-corrected chi connectivity index (χ4v) is 0. The van der Waals surface area contributed by atoms with Gasteiger partial charge in [-0.05, 0) is 0 Å². The monoisotopic (exact) mass is 322 g/mol. The number of hydrogen-bond acceptors (Lipinski definition) is 2. The van der Waals surface area contributed by atoms with E-state index in [1.54, 1.807) is 0 Å². The first-order chi connectivity index (χ1) is 1.91. The molecule has 0 aliphatic heterocycles. The number of hydrogen-bond donors (Lipinski definition) is 0. The van der Waals surface area contributed by atoms with Gasteiger partial charge in [-0.1, -0.05) is 0 Å². The average Bonchev–Trinajstić information content (AvgIpc) is 1.37. The van der Waals surface area contributed by atoms with E-state index in [-0.39, 0.29) is 0 Å². The third kappa shape index (κ3) is 4.60. The Labute approximate surface area is 78.2 Å². The van der Waals surface area contributed by atoms with E-state index < -0.39 is 0 Å². The first-order valence-electron chi connectivity index (χ1n) is 0.532. The minimum atomic E-state index is 0.853. The van der Waals surface area contributed by atoms with E-state index in [1.807, 2.05) is 0 Å². The van der Waals surface area contributed by atoms with Gasteiger partial charge in [-0.15, -0.1) is 0 Å². The van der Waals surface area contributed by atoms with Crippen molar-refractivity contribution in [3.8, 4) is 0 Å². The topological polar surface area (TPSA) is 18.5 Å². The van der Waals surface area contributed by atoms with Crippen LogP contribution in [-0.4, -0.2) is 0 Å². The zero-order chi connectivity index (χ0) is 3.41. The van der Waals surface area contributed by atoms with Crippen LogP contribution in [0.15, 0.2) is 0 Å². The third-order valence-electron chi connectivity index (χ3n) is 0.0333. The fourth-order valence-electron chi connectivity index (χ4n) is 0. The van der Waals surface area contributed by atoms with Crippen LogP contribution in [0.5, 0.6) is 0 Å². The summed E-state index contributed by atoms with van der Waals surface area (Å²) in [6, 6.07) is 0.